The van der Waals surface area contributed by atoms with Gasteiger partial charge in [0.05, 0.1) is 30.5 Å². The van der Waals surface area contributed by atoms with Crippen molar-refractivity contribution in [1.82, 2.24) is 10.6 Å². The maximum absolute atomic E-state index is 10.9. The van der Waals surface area contributed by atoms with Crippen LogP contribution in [-0.2, 0) is 14.8 Å². The van der Waals surface area contributed by atoms with E-state index in [0.29, 0.717) is 12.1 Å². The van der Waals surface area contributed by atoms with Crippen LogP contribution in [0.15, 0.2) is 4.99 Å². The third-order valence-corrected chi connectivity index (χ3v) is 4.17. The minimum Gasteiger partial charge on any atom is -0.373 e. The standard InChI is InChI=1S/C11H22N4O3S.HI/c1-2-13-11(14-5-6-19(12,16)17)15-9-7-8-3-4-10(9)18-8;/h8-10H,2-7H2,1H3,(H2,12,16,17)(H2,13,14,15);1H. The van der Waals surface area contributed by atoms with Crippen LogP contribution >= 0.6 is 24.0 Å². The highest BCUT2D eigenvalue weighted by Crippen LogP contribution is 2.34. The van der Waals surface area contributed by atoms with Crippen LogP contribution in [0.25, 0.3) is 0 Å². The summed E-state index contributed by atoms with van der Waals surface area (Å²) in [6.45, 7) is 2.85. The highest BCUT2D eigenvalue weighted by atomic mass is 127. The zero-order chi connectivity index (χ0) is 13.9. The highest BCUT2D eigenvalue weighted by molar-refractivity contribution is 14.0. The Labute approximate surface area is 137 Å². The minimum absolute atomic E-state index is 0. The molecule has 2 rings (SSSR count). The molecule has 0 aliphatic carbocycles. The van der Waals surface area contributed by atoms with E-state index in [9.17, 15) is 8.42 Å². The number of primary sulfonamides is 1. The van der Waals surface area contributed by atoms with E-state index in [4.69, 9.17) is 9.88 Å². The summed E-state index contributed by atoms with van der Waals surface area (Å²) >= 11 is 0. The maximum atomic E-state index is 10.9. The summed E-state index contributed by atoms with van der Waals surface area (Å²) in [4.78, 5) is 4.23. The van der Waals surface area contributed by atoms with E-state index >= 15 is 0 Å². The molecule has 118 valence electrons. The molecule has 2 saturated heterocycles. The van der Waals surface area contributed by atoms with Gasteiger partial charge in [-0.25, -0.2) is 13.6 Å². The first-order valence-electron chi connectivity index (χ1n) is 6.68. The fraction of sp³-hybridized carbons (Fsp3) is 0.909. The van der Waals surface area contributed by atoms with Gasteiger partial charge < -0.3 is 15.4 Å². The molecule has 0 aromatic rings. The maximum Gasteiger partial charge on any atom is 0.210 e. The van der Waals surface area contributed by atoms with Gasteiger partial charge in [0.1, 0.15) is 0 Å². The fourth-order valence-electron chi connectivity index (χ4n) is 2.57. The first-order chi connectivity index (χ1) is 8.98. The molecule has 9 heteroatoms. The van der Waals surface area contributed by atoms with Crippen molar-refractivity contribution in [3.05, 3.63) is 0 Å². The predicted octanol–water partition coefficient (Wildman–Crippen LogP) is -0.232. The molecule has 4 N–H and O–H groups in total. The topological polar surface area (TPSA) is 106 Å². The number of sulfonamides is 1. The van der Waals surface area contributed by atoms with E-state index in [2.05, 4.69) is 15.6 Å². The van der Waals surface area contributed by atoms with Crippen molar-refractivity contribution in [2.45, 2.75) is 44.4 Å². The zero-order valence-electron chi connectivity index (χ0n) is 11.5. The number of hydrogen-bond donors (Lipinski definition) is 3. The molecule has 2 aliphatic rings. The summed E-state index contributed by atoms with van der Waals surface area (Å²) in [6.07, 6.45) is 3.84. The molecule has 0 spiro atoms. The number of guanidine groups is 1. The largest absolute Gasteiger partial charge is 0.373 e. The molecule has 0 aromatic carbocycles. The second-order valence-corrected chi connectivity index (χ2v) is 6.72. The van der Waals surface area contributed by atoms with Gasteiger partial charge in [0, 0.05) is 6.54 Å². The fourth-order valence-corrected chi connectivity index (χ4v) is 2.92. The molecule has 2 fully saturated rings. The molecule has 0 aromatic heterocycles. The van der Waals surface area contributed by atoms with Crippen LogP contribution in [0.4, 0.5) is 0 Å². The van der Waals surface area contributed by atoms with Gasteiger partial charge >= 0.3 is 0 Å². The van der Waals surface area contributed by atoms with E-state index in [0.717, 1.165) is 25.8 Å². The van der Waals surface area contributed by atoms with Crippen LogP contribution < -0.4 is 15.8 Å². The number of ether oxygens (including phenoxy) is 1. The number of nitrogens with zero attached hydrogens (tertiary/aromatic N) is 1. The minimum atomic E-state index is -3.46. The quantitative estimate of drug-likeness (QED) is 0.325. The first-order valence-corrected chi connectivity index (χ1v) is 8.40. The third kappa shape index (κ3) is 5.34. The summed E-state index contributed by atoms with van der Waals surface area (Å²) < 4.78 is 27.5. The van der Waals surface area contributed by atoms with Crippen LogP contribution in [0.3, 0.4) is 0 Å². The summed E-state index contributed by atoms with van der Waals surface area (Å²) in [5, 5.41) is 11.4. The number of aliphatic imine (C=N–C) groups is 1. The number of nitrogens with two attached hydrogens (primary N) is 1. The molecule has 2 aliphatic heterocycles. The van der Waals surface area contributed by atoms with Gasteiger partial charge in [-0.1, -0.05) is 0 Å². The molecule has 0 saturated carbocycles. The zero-order valence-corrected chi connectivity index (χ0v) is 14.7. The summed E-state index contributed by atoms with van der Waals surface area (Å²) in [5.41, 5.74) is 0. The average molecular weight is 418 g/mol. The lowest BCUT2D eigenvalue weighted by Crippen LogP contribution is -2.47. The van der Waals surface area contributed by atoms with Gasteiger partial charge in [0.2, 0.25) is 10.0 Å². The predicted molar refractivity (Wildman–Crippen MR) is 88.8 cm³/mol. The Morgan fingerprint density at radius 3 is 2.70 bits per heavy atom. The number of fused-ring (bicyclic) bond motifs is 2. The van der Waals surface area contributed by atoms with Gasteiger partial charge in [-0.15, -0.1) is 24.0 Å². The van der Waals surface area contributed by atoms with Crippen LogP contribution in [0, 0.1) is 0 Å². The molecule has 20 heavy (non-hydrogen) atoms. The molecule has 2 heterocycles. The molecule has 0 radical (unpaired) electrons. The normalized spacial score (nSPS) is 29.1. The Morgan fingerprint density at radius 2 is 2.20 bits per heavy atom. The molecular formula is C11H23IN4O3S. The van der Waals surface area contributed by atoms with Crippen molar-refractivity contribution in [3.63, 3.8) is 0 Å². The Hall–Kier alpha value is -0.130. The second kappa shape index (κ2) is 7.76. The smallest absolute Gasteiger partial charge is 0.210 e. The summed E-state index contributed by atoms with van der Waals surface area (Å²) in [7, 11) is -3.46. The molecule has 7 nitrogen and oxygen atoms in total. The van der Waals surface area contributed by atoms with Crippen LogP contribution in [0.2, 0.25) is 0 Å². The van der Waals surface area contributed by atoms with Gasteiger partial charge in [-0.2, -0.15) is 0 Å². The number of halogens is 1. The van der Waals surface area contributed by atoms with E-state index in [1.807, 2.05) is 6.92 Å². The van der Waals surface area contributed by atoms with Crippen LogP contribution in [0.1, 0.15) is 26.2 Å². The van der Waals surface area contributed by atoms with Crippen LogP contribution in [-0.4, -0.2) is 51.5 Å². The van der Waals surface area contributed by atoms with Gasteiger partial charge in [0.15, 0.2) is 5.96 Å². The lowest BCUT2D eigenvalue weighted by Gasteiger charge is -2.22. The summed E-state index contributed by atoms with van der Waals surface area (Å²) in [6, 6.07) is 0.269. The molecule has 2 bridgehead atoms. The van der Waals surface area contributed by atoms with Crippen molar-refractivity contribution in [2.24, 2.45) is 10.1 Å². The van der Waals surface area contributed by atoms with Gasteiger partial charge in [0.25, 0.3) is 0 Å². The van der Waals surface area contributed by atoms with E-state index in [1.165, 1.54) is 0 Å². The van der Waals surface area contributed by atoms with Crippen LogP contribution in [0.5, 0.6) is 0 Å². The Morgan fingerprint density at radius 1 is 1.45 bits per heavy atom. The van der Waals surface area contributed by atoms with E-state index in [1.54, 1.807) is 0 Å². The van der Waals surface area contributed by atoms with Crippen molar-refractivity contribution in [3.8, 4) is 0 Å². The third-order valence-electron chi connectivity index (χ3n) is 3.42. The number of nitrogens with one attached hydrogen (secondary N) is 2. The molecule has 3 atom stereocenters. The monoisotopic (exact) mass is 418 g/mol. The highest BCUT2D eigenvalue weighted by Gasteiger charge is 2.41. The number of hydrogen-bond acceptors (Lipinski definition) is 4. The molecular weight excluding hydrogens is 395 g/mol. The lowest BCUT2D eigenvalue weighted by atomic mass is 9.96. The second-order valence-electron chi connectivity index (χ2n) is 4.99. The Bertz CT molecular complexity index is 443. The molecule has 0 amide bonds. The van der Waals surface area contributed by atoms with Crippen molar-refractivity contribution < 1.29 is 13.2 Å². The number of rotatable bonds is 5. The Balaban J connectivity index is 0.00000200. The Kier molecular flexibility index (Phi) is 6.95. The van der Waals surface area contributed by atoms with Crippen molar-refractivity contribution in [2.75, 3.05) is 18.8 Å². The van der Waals surface area contributed by atoms with Crippen molar-refractivity contribution in [1.29, 1.82) is 0 Å². The van der Waals surface area contributed by atoms with E-state index < -0.39 is 10.0 Å². The van der Waals surface area contributed by atoms with Gasteiger partial charge in [-0.3, -0.25) is 4.99 Å². The van der Waals surface area contributed by atoms with Gasteiger partial charge in [-0.05, 0) is 26.2 Å². The molecule has 3 unspecified atom stereocenters. The SMILES string of the molecule is CCNC(=NCCS(N)(=O)=O)NC1CC2CCC1O2.I. The average Bonchev–Trinajstić information content (AvgIpc) is 2.89. The first kappa shape index (κ1) is 17.9. The van der Waals surface area contributed by atoms with E-state index in [-0.39, 0.29) is 48.4 Å². The van der Waals surface area contributed by atoms with Crippen molar-refractivity contribution >= 4 is 40.0 Å². The lowest BCUT2D eigenvalue weighted by molar-refractivity contribution is 0.0992. The summed E-state index contributed by atoms with van der Waals surface area (Å²) in [5.74, 6) is 0.490.